The molecule has 2 aromatic rings. The number of hydrogen-bond donors (Lipinski definition) is 0. The molecular weight excluding hydrogens is 396 g/mol. The number of aryl methyl sites for hydroxylation is 1. The van der Waals surface area contributed by atoms with Crippen molar-refractivity contribution in [1.29, 1.82) is 0 Å². The number of carbonyl (C=O) groups is 2. The Bertz CT molecular complexity index is 884. The third-order valence-corrected chi connectivity index (χ3v) is 4.94. The van der Waals surface area contributed by atoms with E-state index in [0.717, 1.165) is 11.3 Å². The maximum Gasteiger partial charge on any atom is 0.340 e. The number of benzene rings is 2. The predicted octanol–water partition coefficient (Wildman–Crippen LogP) is 4.64. The highest BCUT2D eigenvalue weighted by Crippen LogP contribution is 2.25. The highest BCUT2D eigenvalue weighted by atomic mass is 35.5. The fourth-order valence-electron chi connectivity index (χ4n) is 2.59. The molecule has 0 aliphatic heterocycles. The minimum absolute atomic E-state index is 0.0289. The molecule has 0 aliphatic carbocycles. The molecule has 7 heteroatoms. The van der Waals surface area contributed by atoms with Gasteiger partial charge in [0.1, 0.15) is 0 Å². The lowest BCUT2D eigenvalue weighted by molar-refractivity contribution is -0.117. The van der Waals surface area contributed by atoms with Crippen molar-refractivity contribution in [2.45, 2.75) is 20.3 Å². The molecule has 0 fully saturated rings. The molecule has 0 heterocycles. The number of carbonyl (C=O) groups excluding carboxylic acids is 2. The van der Waals surface area contributed by atoms with Crippen molar-refractivity contribution in [3.63, 3.8) is 0 Å². The maximum atomic E-state index is 12.8. The second-order valence-corrected chi connectivity index (χ2v) is 7.21. The number of ether oxygens (including phenoxy) is 1. The van der Waals surface area contributed by atoms with Gasteiger partial charge in [-0.3, -0.25) is 4.79 Å². The van der Waals surface area contributed by atoms with Gasteiger partial charge < -0.3 is 14.5 Å². The molecule has 0 atom stereocenters. The van der Waals surface area contributed by atoms with Gasteiger partial charge in [-0.1, -0.05) is 41.5 Å². The van der Waals surface area contributed by atoms with Crippen LogP contribution < -0.4 is 9.80 Å². The summed E-state index contributed by atoms with van der Waals surface area (Å²) < 4.78 is 5.07. The van der Waals surface area contributed by atoms with Crippen LogP contribution in [-0.2, 0) is 9.53 Å². The average molecular weight is 419 g/mol. The molecule has 0 radical (unpaired) electrons. The number of anilines is 2. The van der Waals surface area contributed by atoms with E-state index in [1.807, 2.05) is 38.2 Å². The molecule has 2 aromatic carbocycles. The monoisotopic (exact) mass is 418 g/mol. The highest BCUT2D eigenvalue weighted by molar-refractivity contribution is 7.80. The van der Waals surface area contributed by atoms with Crippen molar-refractivity contribution in [2.24, 2.45) is 0 Å². The van der Waals surface area contributed by atoms with Crippen molar-refractivity contribution in [2.75, 3.05) is 30.5 Å². The van der Waals surface area contributed by atoms with Crippen molar-refractivity contribution < 1.29 is 14.3 Å². The van der Waals surface area contributed by atoms with Crippen LogP contribution in [-0.4, -0.2) is 37.6 Å². The zero-order valence-electron chi connectivity index (χ0n) is 16.4. The van der Waals surface area contributed by atoms with Gasteiger partial charge in [-0.25, -0.2) is 4.79 Å². The number of rotatable bonds is 6. The molecule has 1 amide bonds. The number of esters is 1. The molecule has 0 unspecified atom stereocenters. The van der Waals surface area contributed by atoms with Crippen molar-refractivity contribution in [3.05, 3.63) is 58.6 Å². The highest BCUT2D eigenvalue weighted by Gasteiger charge is 2.22. The van der Waals surface area contributed by atoms with Crippen LogP contribution in [0.3, 0.4) is 0 Å². The molecular formula is C21H23ClN2O3S. The van der Waals surface area contributed by atoms with E-state index in [2.05, 4.69) is 0 Å². The third-order valence-electron chi connectivity index (χ3n) is 4.29. The van der Waals surface area contributed by atoms with E-state index >= 15 is 0 Å². The van der Waals surface area contributed by atoms with Crippen LogP contribution in [0.5, 0.6) is 0 Å². The molecule has 0 aromatic heterocycles. The van der Waals surface area contributed by atoms with Crippen LogP contribution in [0.1, 0.15) is 29.3 Å². The molecule has 0 spiro atoms. The zero-order chi connectivity index (χ0) is 20.8. The van der Waals surface area contributed by atoms with Crippen LogP contribution in [0.15, 0.2) is 42.5 Å². The molecule has 0 aliphatic rings. The van der Waals surface area contributed by atoms with E-state index in [0.29, 0.717) is 15.7 Å². The van der Waals surface area contributed by atoms with E-state index in [1.165, 1.54) is 11.0 Å². The predicted molar refractivity (Wildman–Crippen MR) is 118 cm³/mol. The molecule has 0 bridgehead atoms. The zero-order valence-corrected chi connectivity index (χ0v) is 17.9. The lowest BCUT2D eigenvalue weighted by Crippen LogP contribution is -2.34. The first kappa shape index (κ1) is 21.9. The second kappa shape index (κ2) is 9.66. The Hall–Kier alpha value is -2.44. The van der Waals surface area contributed by atoms with Crippen molar-refractivity contribution in [3.8, 4) is 0 Å². The Balaban J connectivity index is 2.17. The Labute approximate surface area is 175 Å². The number of nitrogens with zero attached hydrogens (tertiary/aromatic N) is 2. The van der Waals surface area contributed by atoms with Crippen LogP contribution in [0.25, 0.3) is 0 Å². The van der Waals surface area contributed by atoms with Gasteiger partial charge in [-0.15, -0.1) is 0 Å². The van der Waals surface area contributed by atoms with Gasteiger partial charge >= 0.3 is 5.97 Å². The van der Waals surface area contributed by atoms with Gasteiger partial charge in [0, 0.05) is 24.8 Å². The van der Waals surface area contributed by atoms with Gasteiger partial charge in [-0.2, -0.15) is 0 Å². The first-order chi connectivity index (χ1) is 13.2. The molecule has 28 heavy (non-hydrogen) atoms. The fraction of sp³-hybridized carbons (Fsp3) is 0.286. The van der Waals surface area contributed by atoms with Crippen molar-refractivity contribution >= 4 is 52.1 Å². The van der Waals surface area contributed by atoms with Gasteiger partial charge in [-0.05, 0) is 44.2 Å². The van der Waals surface area contributed by atoms with E-state index in [4.69, 9.17) is 28.6 Å². The van der Waals surface area contributed by atoms with Crippen molar-refractivity contribution in [1.82, 2.24) is 0 Å². The molecule has 2 rings (SSSR count). The summed E-state index contributed by atoms with van der Waals surface area (Å²) in [6.07, 6.45) is 0.0289. The van der Waals surface area contributed by atoms with Gasteiger partial charge in [0.2, 0.25) is 5.91 Å². The summed E-state index contributed by atoms with van der Waals surface area (Å²) >= 11 is 11.5. The fourth-order valence-corrected chi connectivity index (χ4v) is 2.99. The van der Waals surface area contributed by atoms with E-state index in [1.54, 1.807) is 31.0 Å². The summed E-state index contributed by atoms with van der Waals surface area (Å²) in [4.78, 5) is 28.7. The Morgan fingerprint density at radius 1 is 1.07 bits per heavy atom. The lowest BCUT2D eigenvalue weighted by Gasteiger charge is -2.24. The SMILES string of the molecule is CCOC(=O)c1cc(Cl)ccc1N(C)C(=O)CC(=S)N(C)c1ccc(C)cc1. The van der Waals surface area contributed by atoms with Gasteiger partial charge in [0.15, 0.2) is 0 Å². The van der Waals surface area contributed by atoms with Crippen LogP contribution in [0, 0.1) is 6.92 Å². The standard InChI is InChI=1S/C21H23ClN2O3S/c1-5-27-21(26)17-12-15(22)8-11-18(17)24(4)19(25)13-20(28)23(3)16-9-6-14(2)7-10-16/h6-12H,5,13H2,1-4H3. The first-order valence-corrected chi connectivity index (χ1v) is 9.59. The molecule has 5 nitrogen and oxygen atoms in total. The Kier molecular flexibility index (Phi) is 7.54. The minimum Gasteiger partial charge on any atom is -0.462 e. The summed E-state index contributed by atoms with van der Waals surface area (Å²) in [6, 6.07) is 12.6. The molecule has 0 N–H and O–H groups in total. The van der Waals surface area contributed by atoms with E-state index in [9.17, 15) is 9.59 Å². The Morgan fingerprint density at radius 2 is 1.71 bits per heavy atom. The summed E-state index contributed by atoms with van der Waals surface area (Å²) in [5, 5.41) is 0.391. The third kappa shape index (κ3) is 5.30. The van der Waals surface area contributed by atoms with E-state index < -0.39 is 5.97 Å². The van der Waals surface area contributed by atoms with Crippen LogP contribution >= 0.6 is 23.8 Å². The van der Waals surface area contributed by atoms with E-state index in [-0.39, 0.29) is 24.5 Å². The number of thiocarbonyl (C=S) groups is 1. The Morgan fingerprint density at radius 3 is 2.32 bits per heavy atom. The number of halogens is 1. The number of hydrogen-bond acceptors (Lipinski definition) is 4. The second-order valence-electron chi connectivity index (χ2n) is 6.30. The minimum atomic E-state index is -0.529. The van der Waals surface area contributed by atoms with Crippen LogP contribution in [0.4, 0.5) is 11.4 Å². The largest absolute Gasteiger partial charge is 0.462 e. The average Bonchev–Trinajstić information content (AvgIpc) is 2.67. The summed E-state index contributed by atoms with van der Waals surface area (Å²) in [5.41, 5.74) is 2.72. The molecule has 0 saturated heterocycles. The number of amides is 1. The smallest absolute Gasteiger partial charge is 0.340 e. The van der Waals surface area contributed by atoms with Gasteiger partial charge in [0.05, 0.1) is 29.3 Å². The van der Waals surface area contributed by atoms with Crippen LogP contribution in [0.2, 0.25) is 5.02 Å². The molecule has 148 valence electrons. The quantitative estimate of drug-likeness (QED) is 0.505. The summed E-state index contributed by atoms with van der Waals surface area (Å²) in [6.45, 7) is 3.96. The summed E-state index contributed by atoms with van der Waals surface area (Å²) in [5.74, 6) is -0.768. The first-order valence-electron chi connectivity index (χ1n) is 8.81. The maximum absolute atomic E-state index is 12.8. The lowest BCUT2D eigenvalue weighted by atomic mass is 10.1. The molecule has 0 saturated carbocycles. The normalized spacial score (nSPS) is 10.3. The summed E-state index contributed by atoms with van der Waals surface area (Å²) in [7, 11) is 3.43. The topological polar surface area (TPSA) is 49.9 Å². The van der Waals surface area contributed by atoms with Gasteiger partial charge in [0.25, 0.3) is 0 Å².